The van der Waals surface area contributed by atoms with Crippen LogP contribution in [-0.4, -0.2) is 37.2 Å². The molecule has 1 atom stereocenters. The largest absolute Gasteiger partial charge is 0.462 e. The van der Waals surface area contributed by atoms with Crippen LogP contribution in [0.4, 0.5) is 0 Å². The number of esters is 3. The lowest BCUT2D eigenvalue weighted by Crippen LogP contribution is -2.30. The molecule has 332 valence electrons. The van der Waals surface area contributed by atoms with Crippen molar-refractivity contribution < 1.29 is 28.6 Å². The number of unbranched alkanes of at least 4 members (excludes halogenated alkanes) is 29. The minimum atomic E-state index is -0.761. The highest BCUT2D eigenvalue weighted by molar-refractivity contribution is 5.71. The van der Waals surface area contributed by atoms with Crippen molar-refractivity contribution in [3.8, 4) is 0 Å². The summed E-state index contributed by atoms with van der Waals surface area (Å²) in [5.41, 5.74) is 0. The minimum absolute atomic E-state index is 0.0647. The molecular formula is C50H96O6. The van der Waals surface area contributed by atoms with E-state index in [-0.39, 0.29) is 31.1 Å². The molecule has 0 heterocycles. The topological polar surface area (TPSA) is 78.9 Å². The summed E-state index contributed by atoms with van der Waals surface area (Å²) in [6, 6.07) is 0. The van der Waals surface area contributed by atoms with Crippen LogP contribution in [-0.2, 0) is 28.6 Å². The number of ether oxygens (including phenoxy) is 3. The van der Waals surface area contributed by atoms with E-state index in [1.165, 1.54) is 161 Å². The Balaban J connectivity index is 4.27. The summed E-state index contributed by atoms with van der Waals surface area (Å²) in [5.74, 6) is 0.751. The molecule has 0 spiro atoms. The fourth-order valence-corrected chi connectivity index (χ4v) is 7.46. The average molecular weight is 793 g/mol. The molecule has 0 aliphatic carbocycles. The maximum atomic E-state index is 12.8. The summed E-state index contributed by atoms with van der Waals surface area (Å²) in [7, 11) is 0. The quantitative estimate of drug-likeness (QED) is 0.0347. The Hall–Kier alpha value is -1.59. The summed E-state index contributed by atoms with van der Waals surface area (Å²) < 4.78 is 16.7. The Morgan fingerprint density at radius 2 is 0.589 bits per heavy atom. The molecule has 0 saturated carbocycles. The van der Waals surface area contributed by atoms with Crippen LogP contribution in [0.5, 0.6) is 0 Å². The molecular weight excluding hydrogens is 697 g/mol. The summed E-state index contributed by atoms with van der Waals surface area (Å²) in [4.78, 5) is 37.8. The Morgan fingerprint density at radius 3 is 0.875 bits per heavy atom. The third-order valence-corrected chi connectivity index (χ3v) is 11.2. The molecule has 56 heavy (non-hydrogen) atoms. The van der Waals surface area contributed by atoms with Gasteiger partial charge in [-0.05, 0) is 31.1 Å². The van der Waals surface area contributed by atoms with Gasteiger partial charge in [0.05, 0.1) is 0 Å². The van der Waals surface area contributed by atoms with Crippen molar-refractivity contribution in [2.75, 3.05) is 13.2 Å². The van der Waals surface area contributed by atoms with Crippen LogP contribution >= 0.6 is 0 Å². The van der Waals surface area contributed by atoms with Crippen LogP contribution in [0.3, 0.4) is 0 Å². The molecule has 0 amide bonds. The second-order valence-electron chi connectivity index (χ2n) is 18.1. The average Bonchev–Trinajstić information content (AvgIpc) is 3.16. The summed E-state index contributed by atoms with van der Waals surface area (Å²) in [6.07, 6.45) is 42.4. The van der Waals surface area contributed by atoms with Gasteiger partial charge < -0.3 is 14.2 Å². The van der Waals surface area contributed by atoms with Crippen LogP contribution < -0.4 is 0 Å². The second kappa shape index (κ2) is 43.0. The molecule has 0 N–H and O–H groups in total. The highest BCUT2D eigenvalue weighted by Crippen LogP contribution is 2.17. The van der Waals surface area contributed by atoms with Crippen molar-refractivity contribution in [3.05, 3.63) is 0 Å². The predicted molar refractivity (Wildman–Crippen MR) is 238 cm³/mol. The standard InChI is InChI=1S/C50H96O6/c1-6-7-8-9-10-11-12-18-21-24-30-35-40-48(51)54-43-47(44-55-49(52)41-36-31-27-26-29-34-39-46(4)5)56-50(53)42-37-32-25-22-19-16-14-13-15-17-20-23-28-33-38-45(2)3/h45-47H,6-44H2,1-5H3/t47-/m1/s1. The molecule has 0 aromatic heterocycles. The summed E-state index contributed by atoms with van der Waals surface area (Å²) in [5, 5.41) is 0. The van der Waals surface area contributed by atoms with Crippen molar-refractivity contribution in [2.45, 2.75) is 278 Å². The SMILES string of the molecule is CCCCCCCCCCCCCCC(=O)OC[C@H](COC(=O)CCCCCCCCC(C)C)OC(=O)CCCCCCCCCCCCCCCCC(C)C. The zero-order valence-corrected chi connectivity index (χ0v) is 38.3. The van der Waals surface area contributed by atoms with E-state index in [0.717, 1.165) is 69.6 Å². The van der Waals surface area contributed by atoms with Gasteiger partial charge in [0.2, 0.25) is 0 Å². The van der Waals surface area contributed by atoms with Crippen LogP contribution in [0.2, 0.25) is 0 Å². The van der Waals surface area contributed by atoms with Gasteiger partial charge in [-0.25, -0.2) is 0 Å². The highest BCUT2D eigenvalue weighted by atomic mass is 16.6. The van der Waals surface area contributed by atoms with Crippen molar-refractivity contribution in [2.24, 2.45) is 11.8 Å². The molecule has 0 unspecified atom stereocenters. The summed E-state index contributed by atoms with van der Waals surface area (Å²) >= 11 is 0. The first-order valence-corrected chi connectivity index (χ1v) is 24.7. The van der Waals surface area contributed by atoms with Gasteiger partial charge in [0.25, 0.3) is 0 Å². The molecule has 0 aromatic carbocycles. The predicted octanol–water partition coefficient (Wildman–Crippen LogP) is 15.8. The molecule has 0 fully saturated rings. The van der Waals surface area contributed by atoms with Crippen molar-refractivity contribution >= 4 is 17.9 Å². The van der Waals surface area contributed by atoms with Gasteiger partial charge in [0.1, 0.15) is 13.2 Å². The van der Waals surface area contributed by atoms with Crippen LogP contribution in [0.25, 0.3) is 0 Å². The maximum Gasteiger partial charge on any atom is 0.306 e. The normalized spacial score (nSPS) is 12.1. The third-order valence-electron chi connectivity index (χ3n) is 11.2. The Kier molecular flexibility index (Phi) is 41.8. The number of rotatable bonds is 44. The molecule has 0 saturated heterocycles. The molecule has 0 aliphatic heterocycles. The molecule has 0 bridgehead atoms. The van der Waals surface area contributed by atoms with Gasteiger partial charge in [-0.2, -0.15) is 0 Å². The molecule has 0 rings (SSSR count). The van der Waals surface area contributed by atoms with Crippen molar-refractivity contribution in [3.63, 3.8) is 0 Å². The second-order valence-corrected chi connectivity index (χ2v) is 18.1. The van der Waals surface area contributed by atoms with E-state index in [1.54, 1.807) is 0 Å². The van der Waals surface area contributed by atoms with Gasteiger partial charge in [0.15, 0.2) is 6.10 Å². The van der Waals surface area contributed by atoms with Gasteiger partial charge in [-0.1, -0.05) is 234 Å². The number of carbonyl (C=O) groups excluding carboxylic acids is 3. The number of hydrogen-bond donors (Lipinski definition) is 0. The maximum absolute atomic E-state index is 12.8. The zero-order valence-electron chi connectivity index (χ0n) is 38.3. The molecule has 0 aromatic rings. The van der Waals surface area contributed by atoms with Crippen LogP contribution in [0, 0.1) is 11.8 Å². The lowest BCUT2D eigenvalue weighted by atomic mass is 10.0. The first-order chi connectivity index (χ1) is 27.2. The third kappa shape index (κ3) is 43.5. The van der Waals surface area contributed by atoms with Crippen LogP contribution in [0.1, 0.15) is 272 Å². The molecule has 6 heteroatoms. The van der Waals surface area contributed by atoms with Crippen molar-refractivity contribution in [1.29, 1.82) is 0 Å². The van der Waals surface area contributed by atoms with Crippen LogP contribution in [0.15, 0.2) is 0 Å². The lowest BCUT2D eigenvalue weighted by molar-refractivity contribution is -0.167. The van der Waals surface area contributed by atoms with Gasteiger partial charge in [-0.3, -0.25) is 14.4 Å². The van der Waals surface area contributed by atoms with Crippen molar-refractivity contribution in [1.82, 2.24) is 0 Å². The first kappa shape index (κ1) is 54.4. The Labute approximate surface area is 348 Å². The number of hydrogen-bond acceptors (Lipinski definition) is 6. The van der Waals surface area contributed by atoms with Gasteiger partial charge in [-0.15, -0.1) is 0 Å². The van der Waals surface area contributed by atoms with E-state index >= 15 is 0 Å². The van der Waals surface area contributed by atoms with E-state index in [2.05, 4.69) is 34.6 Å². The fourth-order valence-electron chi connectivity index (χ4n) is 7.46. The Morgan fingerprint density at radius 1 is 0.339 bits per heavy atom. The molecule has 6 nitrogen and oxygen atoms in total. The van der Waals surface area contributed by atoms with Gasteiger partial charge in [0, 0.05) is 19.3 Å². The van der Waals surface area contributed by atoms with E-state index in [1.807, 2.05) is 0 Å². The molecule has 0 aliphatic rings. The van der Waals surface area contributed by atoms with E-state index in [9.17, 15) is 14.4 Å². The van der Waals surface area contributed by atoms with E-state index in [0.29, 0.717) is 19.3 Å². The smallest absolute Gasteiger partial charge is 0.306 e. The van der Waals surface area contributed by atoms with Gasteiger partial charge >= 0.3 is 17.9 Å². The summed E-state index contributed by atoms with van der Waals surface area (Å²) in [6.45, 7) is 11.3. The first-order valence-electron chi connectivity index (χ1n) is 24.7. The Bertz CT molecular complexity index is 854. The van der Waals surface area contributed by atoms with E-state index < -0.39 is 6.10 Å². The number of carbonyl (C=O) groups is 3. The minimum Gasteiger partial charge on any atom is -0.462 e. The fraction of sp³-hybridized carbons (Fsp3) is 0.940. The lowest BCUT2D eigenvalue weighted by Gasteiger charge is -2.18. The van der Waals surface area contributed by atoms with E-state index in [4.69, 9.17) is 14.2 Å². The molecule has 0 radical (unpaired) electrons. The monoisotopic (exact) mass is 793 g/mol. The zero-order chi connectivity index (χ0) is 41.2. The highest BCUT2D eigenvalue weighted by Gasteiger charge is 2.19.